The van der Waals surface area contributed by atoms with Crippen LogP contribution in [-0.4, -0.2) is 32.7 Å². The molecule has 0 aliphatic rings. The molecule has 1 aromatic rings. The molecule has 0 saturated carbocycles. The third-order valence-electron chi connectivity index (χ3n) is 2.15. The van der Waals surface area contributed by atoms with E-state index in [1.54, 1.807) is 13.8 Å². The zero-order valence-electron chi connectivity index (χ0n) is 10.6. The molecule has 0 aliphatic carbocycles. The Morgan fingerprint density at radius 1 is 1.50 bits per heavy atom. The molecular weight excluding hydrogens is 256 g/mol. The van der Waals surface area contributed by atoms with Crippen molar-refractivity contribution < 1.29 is 13.2 Å². The van der Waals surface area contributed by atoms with Crippen molar-refractivity contribution in [1.29, 1.82) is 0 Å². The average molecular weight is 274 g/mol. The molecular formula is C10H18N4O3S. The Bertz CT molecular complexity index is 502. The minimum absolute atomic E-state index is 0.00308. The van der Waals surface area contributed by atoms with Crippen LogP contribution < -0.4 is 16.0 Å². The first kappa shape index (κ1) is 14.8. The third-order valence-corrected chi connectivity index (χ3v) is 3.87. The number of nitrogens with two attached hydrogens (primary N) is 1. The van der Waals surface area contributed by atoms with Gasteiger partial charge in [-0.2, -0.15) is 0 Å². The van der Waals surface area contributed by atoms with Crippen LogP contribution in [0.5, 0.6) is 0 Å². The van der Waals surface area contributed by atoms with Crippen molar-refractivity contribution in [1.82, 2.24) is 9.71 Å². The van der Waals surface area contributed by atoms with Crippen molar-refractivity contribution >= 4 is 15.7 Å². The number of hydrogen-bond donors (Lipinski definition) is 3. The minimum Gasteiger partial charge on any atom is -0.383 e. The van der Waals surface area contributed by atoms with Gasteiger partial charge in [0.15, 0.2) is 0 Å². The molecule has 0 bridgehead atoms. The highest BCUT2D eigenvalue weighted by atomic mass is 32.2. The van der Waals surface area contributed by atoms with Crippen molar-refractivity contribution in [2.75, 3.05) is 19.1 Å². The Kier molecular flexibility index (Phi) is 4.63. The smallest absolute Gasteiger partial charge is 0.244 e. The summed E-state index contributed by atoms with van der Waals surface area (Å²) in [4.78, 5) is 3.79. The number of nitrogen functional groups attached to an aromatic ring is 1. The van der Waals surface area contributed by atoms with Crippen molar-refractivity contribution in [3.05, 3.63) is 18.5 Å². The summed E-state index contributed by atoms with van der Waals surface area (Å²) >= 11 is 0. The summed E-state index contributed by atoms with van der Waals surface area (Å²) in [5.74, 6) is 5.28. The van der Waals surface area contributed by atoms with Gasteiger partial charge in [-0.05, 0) is 19.9 Å². The van der Waals surface area contributed by atoms with Crippen LogP contribution in [-0.2, 0) is 14.8 Å². The first-order valence-electron chi connectivity index (χ1n) is 5.26. The molecule has 7 nitrogen and oxygen atoms in total. The normalized spacial score (nSPS) is 12.4. The fraction of sp³-hybridized carbons (Fsp3) is 0.500. The van der Waals surface area contributed by atoms with Gasteiger partial charge in [0.25, 0.3) is 0 Å². The lowest BCUT2D eigenvalue weighted by Gasteiger charge is -2.25. The van der Waals surface area contributed by atoms with Gasteiger partial charge in [0.05, 0.1) is 17.8 Å². The number of nitrogens with one attached hydrogen (secondary N) is 2. The Hall–Kier alpha value is -1.22. The molecule has 1 aromatic heterocycles. The van der Waals surface area contributed by atoms with Gasteiger partial charge in [-0.1, -0.05) is 0 Å². The van der Waals surface area contributed by atoms with E-state index in [2.05, 4.69) is 15.1 Å². The molecule has 0 aromatic carbocycles. The van der Waals surface area contributed by atoms with E-state index < -0.39 is 15.6 Å². The zero-order chi connectivity index (χ0) is 13.8. The van der Waals surface area contributed by atoms with Gasteiger partial charge < -0.3 is 10.2 Å². The van der Waals surface area contributed by atoms with E-state index in [0.717, 1.165) is 0 Å². The monoisotopic (exact) mass is 274 g/mol. The summed E-state index contributed by atoms with van der Waals surface area (Å²) in [7, 11) is -2.21. The third kappa shape index (κ3) is 3.64. The number of anilines is 1. The molecule has 0 fully saturated rings. The first-order valence-corrected chi connectivity index (χ1v) is 6.74. The highest BCUT2D eigenvalue weighted by Crippen LogP contribution is 2.20. The molecule has 1 rings (SSSR count). The van der Waals surface area contributed by atoms with E-state index in [-0.39, 0.29) is 17.2 Å². The van der Waals surface area contributed by atoms with Crippen molar-refractivity contribution in [2.24, 2.45) is 5.84 Å². The summed E-state index contributed by atoms with van der Waals surface area (Å²) in [6, 6.07) is 1.48. The SMILES string of the molecule is COCC(C)(C)NS(=O)(=O)c1cnccc1NN. The lowest BCUT2D eigenvalue weighted by molar-refractivity contribution is 0.141. The maximum atomic E-state index is 12.2. The maximum Gasteiger partial charge on any atom is 0.244 e. The van der Waals surface area contributed by atoms with E-state index in [4.69, 9.17) is 10.6 Å². The summed E-state index contributed by atoms with van der Waals surface area (Å²) in [6.07, 6.45) is 2.69. The van der Waals surface area contributed by atoms with Gasteiger partial charge in [0.1, 0.15) is 4.90 Å². The number of sulfonamides is 1. The predicted molar refractivity (Wildman–Crippen MR) is 68.3 cm³/mol. The number of aromatic nitrogens is 1. The number of ether oxygens (including phenoxy) is 1. The number of methoxy groups -OCH3 is 1. The first-order chi connectivity index (χ1) is 8.32. The van der Waals surface area contributed by atoms with E-state index in [1.807, 2.05) is 0 Å². The Morgan fingerprint density at radius 3 is 2.72 bits per heavy atom. The average Bonchev–Trinajstić information content (AvgIpc) is 2.27. The predicted octanol–water partition coefficient (Wildman–Crippen LogP) is 0.0705. The molecule has 102 valence electrons. The molecule has 0 amide bonds. The fourth-order valence-corrected chi connectivity index (χ4v) is 3.03. The molecule has 0 unspecified atom stereocenters. The van der Waals surface area contributed by atoms with Crippen molar-refractivity contribution in [3.63, 3.8) is 0 Å². The fourth-order valence-electron chi connectivity index (χ4n) is 1.52. The molecule has 18 heavy (non-hydrogen) atoms. The summed E-state index contributed by atoms with van der Waals surface area (Å²) < 4.78 is 31.9. The van der Waals surface area contributed by atoms with Crippen LogP contribution >= 0.6 is 0 Å². The van der Waals surface area contributed by atoms with E-state index in [9.17, 15) is 8.42 Å². The second-order valence-electron chi connectivity index (χ2n) is 4.44. The Balaban J connectivity index is 3.07. The second-order valence-corrected chi connectivity index (χ2v) is 6.09. The van der Waals surface area contributed by atoms with Crippen LogP contribution in [0.3, 0.4) is 0 Å². The summed E-state index contributed by atoms with van der Waals surface area (Å²) in [5.41, 5.74) is 1.89. The van der Waals surface area contributed by atoms with Crippen LogP contribution in [0.2, 0.25) is 0 Å². The van der Waals surface area contributed by atoms with Crippen LogP contribution in [0, 0.1) is 0 Å². The van der Waals surface area contributed by atoms with Crippen molar-refractivity contribution in [2.45, 2.75) is 24.3 Å². The Morgan fingerprint density at radius 2 is 2.17 bits per heavy atom. The topological polar surface area (TPSA) is 106 Å². The maximum absolute atomic E-state index is 12.2. The van der Waals surface area contributed by atoms with Gasteiger partial charge >= 0.3 is 0 Å². The van der Waals surface area contributed by atoms with Crippen LogP contribution in [0.1, 0.15) is 13.8 Å². The molecule has 0 radical (unpaired) electrons. The number of hydrogen-bond acceptors (Lipinski definition) is 6. The van der Waals surface area contributed by atoms with Gasteiger partial charge in [-0.15, -0.1) is 0 Å². The number of rotatable bonds is 6. The lowest BCUT2D eigenvalue weighted by Crippen LogP contribution is -2.46. The molecule has 1 heterocycles. The number of nitrogens with zero attached hydrogens (tertiary/aromatic N) is 1. The minimum atomic E-state index is -3.72. The highest BCUT2D eigenvalue weighted by molar-refractivity contribution is 7.89. The molecule has 0 aliphatic heterocycles. The molecule has 0 saturated heterocycles. The lowest BCUT2D eigenvalue weighted by atomic mass is 10.1. The summed E-state index contributed by atoms with van der Waals surface area (Å²) in [5, 5.41) is 0. The van der Waals surface area contributed by atoms with Crippen molar-refractivity contribution in [3.8, 4) is 0 Å². The van der Waals surface area contributed by atoms with Gasteiger partial charge in [0, 0.05) is 19.5 Å². The zero-order valence-corrected chi connectivity index (χ0v) is 11.4. The van der Waals surface area contributed by atoms with E-state index in [1.165, 1.54) is 25.6 Å². The van der Waals surface area contributed by atoms with Crippen LogP contribution in [0.15, 0.2) is 23.4 Å². The van der Waals surface area contributed by atoms with Gasteiger partial charge in [0.2, 0.25) is 10.0 Å². The van der Waals surface area contributed by atoms with Crippen LogP contribution in [0.4, 0.5) is 5.69 Å². The van der Waals surface area contributed by atoms with Gasteiger partial charge in [-0.25, -0.2) is 13.1 Å². The molecule has 0 spiro atoms. The Labute approximate surface area is 107 Å². The molecule has 0 atom stereocenters. The molecule has 4 N–H and O–H groups in total. The molecule has 8 heteroatoms. The van der Waals surface area contributed by atoms with E-state index >= 15 is 0 Å². The van der Waals surface area contributed by atoms with E-state index in [0.29, 0.717) is 0 Å². The number of pyridine rings is 1. The highest BCUT2D eigenvalue weighted by Gasteiger charge is 2.28. The largest absolute Gasteiger partial charge is 0.383 e. The standard InChI is InChI=1S/C10H18N4O3S/c1-10(2,7-17-3)14-18(15,16)9-6-12-5-4-8(9)13-11/h4-6,14H,7,11H2,1-3H3,(H,12,13). The second kappa shape index (κ2) is 5.61. The number of hydrazine groups is 1. The van der Waals surface area contributed by atoms with Gasteiger partial charge in [-0.3, -0.25) is 10.8 Å². The van der Waals surface area contributed by atoms with Crippen LogP contribution in [0.25, 0.3) is 0 Å². The quantitative estimate of drug-likeness (QED) is 0.500. The summed E-state index contributed by atoms with van der Waals surface area (Å²) in [6.45, 7) is 3.69.